The number of hydrogen-bond acceptors (Lipinski definition) is 1. The summed E-state index contributed by atoms with van der Waals surface area (Å²) in [5, 5.41) is 3.35. The van der Waals surface area contributed by atoms with Crippen molar-refractivity contribution in [1.29, 1.82) is 0 Å². The number of benzene rings is 2. The van der Waals surface area contributed by atoms with Crippen LogP contribution in [-0.4, -0.2) is 20.0 Å². The predicted octanol–water partition coefficient (Wildman–Crippen LogP) is 8.98. The van der Waals surface area contributed by atoms with E-state index >= 15 is 0 Å². The third-order valence-electron chi connectivity index (χ3n) is 7.23. The molecule has 2 aromatic carbocycles. The summed E-state index contributed by atoms with van der Waals surface area (Å²) in [7, 11) is -1.12. The van der Waals surface area contributed by atoms with E-state index in [2.05, 4.69) is 73.9 Å². The molecule has 194 valence electrons. The highest BCUT2D eigenvalue weighted by Gasteiger charge is 2.20. The molecule has 0 atom stereocenters. The van der Waals surface area contributed by atoms with E-state index in [9.17, 15) is 4.79 Å². The first-order chi connectivity index (χ1) is 17.0. The van der Waals surface area contributed by atoms with Crippen molar-refractivity contribution in [2.24, 2.45) is 0 Å². The van der Waals surface area contributed by atoms with Crippen LogP contribution in [0.25, 0.3) is 0 Å². The molecule has 0 saturated heterocycles. The van der Waals surface area contributed by atoms with Gasteiger partial charge in [-0.05, 0) is 30.4 Å². The lowest BCUT2D eigenvalue weighted by Gasteiger charge is -2.22. The average molecular weight is 494 g/mol. The Balaban J connectivity index is 1.66. The maximum atomic E-state index is 12.8. The number of rotatable bonds is 19. The van der Waals surface area contributed by atoms with E-state index in [1.54, 1.807) is 0 Å². The van der Waals surface area contributed by atoms with Crippen molar-refractivity contribution in [2.75, 3.05) is 0 Å². The molecule has 0 unspecified atom stereocenters. The van der Waals surface area contributed by atoms with Gasteiger partial charge in [0.05, 0.1) is 0 Å². The predicted molar refractivity (Wildman–Crippen MR) is 156 cm³/mol. The molecule has 0 spiro atoms. The van der Waals surface area contributed by atoms with Gasteiger partial charge in [0.1, 0.15) is 0 Å². The lowest BCUT2D eigenvalue weighted by molar-refractivity contribution is -0.121. The largest absolute Gasteiger partial charge is 0.353 e. The normalized spacial score (nSPS) is 11.7. The highest BCUT2D eigenvalue weighted by molar-refractivity contribution is 6.77. The van der Waals surface area contributed by atoms with Gasteiger partial charge in [-0.2, -0.15) is 0 Å². The van der Waals surface area contributed by atoms with E-state index in [0.29, 0.717) is 6.42 Å². The number of amides is 1. The van der Waals surface area contributed by atoms with Crippen LogP contribution >= 0.6 is 0 Å². The summed E-state index contributed by atoms with van der Waals surface area (Å²) in [4.78, 5) is 12.8. The van der Waals surface area contributed by atoms with Crippen molar-refractivity contribution in [2.45, 2.75) is 122 Å². The van der Waals surface area contributed by atoms with E-state index in [4.69, 9.17) is 0 Å². The Morgan fingerprint density at radius 3 is 1.66 bits per heavy atom. The summed E-state index contributed by atoms with van der Waals surface area (Å²) in [6.07, 6.45) is 15.9. The summed E-state index contributed by atoms with van der Waals surface area (Å²) in [6.45, 7) is 7.38. The first kappa shape index (κ1) is 29.4. The van der Waals surface area contributed by atoms with E-state index in [0.717, 1.165) is 19.3 Å². The van der Waals surface area contributed by atoms with Crippen LogP contribution in [0.2, 0.25) is 25.2 Å². The quantitative estimate of drug-likeness (QED) is 0.153. The van der Waals surface area contributed by atoms with Gasteiger partial charge in [-0.1, -0.05) is 151 Å². The molecule has 0 aliphatic rings. The molecule has 0 saturated carbocycles. The van der Waals surface area contributed by atoms with Gasteiger partial charge in [0.25, 0.3) is 0 Å². The number of nitrogens with one attached hydrogen (secondary N) is 1. The van der Waals surface area contributed by atoms with Crippen molar-refractivity contribution in [1.82, 2.24) is 5.32 Å². The first-order valence-corrected chi connectivity index (χ1v) is 17.8. The second kappa shape index (κ2) is 17.5. The topological polar surface area (TPSA) is 29.1 Å². The molecule has 35 heavy (non-hydrogen) atoms. The molecule has 3 heteroatoms. The average Bonchev–Trinajstić information content (AvgIpc) is 2.85. The zero-order valence-corrected chi connectivity index (χ0v) is 23.9. The highest BCUT2D eigenvalue weighted by atomic mass is 28.3. The van der Waals surface area contributed by atoms with Crippen molar-refractivity contribution in [3.05, 3.63) is 71.8 Å². The second-order valence-corrected chi connectivity index (χ2v) is 16.6. The minimum Gasteiger partial charge on any atom is -0.353 e. The Hall–Kier alpha value is -1.87. The van der Waals surface area contributed by atoms with Gasteiger partial charge in [-0.25, -0.2) is 0 Å². The molecule has 2 nitrogen and oxygen atoms in total. The SMILES string of the molecule is CCCCCCCCCC[Si](C)(C)CCCCC(=O)NC(Cc1ccccc1)Cc1ccccc1. The second-order valence-electron chi connectivity index (χ2n) is 11.2. The van der Waals surface area contributed by atoms with Crippen LogP contribution in [0, 0.1) is 0 Å². The zero-order valence-electron chi connectivity index (χ0n) is 22.9. The van der Waals surface area contributed by atoms with E-state index in [-0.39, 0.29) is 11.9 Å². The Bertz CT molecular complexity index is 748. The zero-order chi connectivity index (χ0) is 25.2. The summed E-state index contributed by atoms with van der Waals surface area (Å²) < 4.78 is 0. The van der Waals surface area contributed by atoms with Crippen LogP contribution in [0.1, 0.15) is 88.7 Å². The smallest absolute Gasteiger partial charge is 0.220 e. The molecule has 0 radical (unpaired) electrons. The lowest BCUT2D eigenvalue weighted by Crippen LogP contribution is -2.38. The number of carbonyl (C=O) groups is 1. The van der Waals surface area contributed by atoms with Gasteiger partial charge < -0.3 is 5.32 Å². The third-order valence-corrected chi connectivity index (χ3v) is 10.6. The van der Waals surface area contributed by atoms with Crippen LogP contribution < -0.4 is 5.32 Å². The summed E-state index contributed by atoms with van der Waals surface area (Å²) >= 11 is 0. The Morgan fingerprint density at radius 1 is 0.686 bits per heavy atom. The fourth-order valence-corrected chi connectivity index (χ4v) is 7.69. The molecule has 1 N–H and O–H groups in total. The third kappa shape index (κ3) is 14.3. The monoisotopic (exact) mass is 493 g/mol. The standard InChI is InChI=1S/C32H51NOSi/c1-4-5-6-7-8-9-10-18-25-35(2,3)26-19-17-24-32(34)33-31(27-29-20-13-11-14-21-29)28-30-22-15-12-16-23-30/h11-16,20-23,31H,4-10,17-19,24-28H2,1-3H3,(H,33,34). The van der Waals surface area contributed by atoms with Crippen molar-refractivity contribution in [3.63, 3.8) is 0 Å². The van der Waals surface area contributed by atoms with Gasteiger partial charge in [0.2, 0.25) is 5.91 Å². The molecule has 0 bridgehead atoms. The molecule has 0 aliphatic carbocycles. The molecule has 0 aliphatic heterocycles. The van der Waals surface area contributed by atoms with E-state index < -0.39 is 8.07 Å². The van der Waals surface area contributed by atoms with Crippen molar-refractivity contribution >= 4 is 14.0 Å². The first-order valence-electron chi connectivity index (χ1n) is 14.4. The minimum atomic E-state index is -1.12. The van der Waals surface area contributed by atoms with Gasteiger partial charge in [-0.15, -0.1) is 0 Å². The summed E-state index contributed by atoms with van der Waals surface area (Å²) in [6, 6.07) is 24.0. The van der Waals surface area contributed by atoms with E-state index in [1.165, 1.54) is 81.0 Å². The van der Waals surface area contributed by atoms with Crippen LogP contribution in [0.15, 0.2) is 60.7 Å². The van der Waals surface area contributed by atoms with Crippen molar-refractivity contribution in [3.8, 4) is 0 Å². The Labute approximate surface area is 217 Å². The van der Waals surface area contributed by atoms with Crippen LogP contribution in [0.3, 0.4) is 0 Å². The van der Waals surface area contributed by atoms with Crippen LogP contribution in [0.4, 0.5) is 0 Å². The van der Waals surface area contributed by atoms with Gasteiger partial charge >= 0.3 is 0 Å². The molecule has 2 rings (SSSR count). The maximum absolute atomic E-state index is 12.8. The van der Waals surface area contributed by atoms with Gasteiger partial charge in [-0.3, -0.25) is 4.79 Å². The minimum absolute atomic E-state index is 0.139. The maximum Gasteiger partial charge on any atom is 0.220 e. The molecule has 0 fully saturated rings. The van der Waals surface area contributed by atoms with E-state index in [1.807, 2.05) is 12.1 Å². The van der Waals surface area contributed by atoms with Gasteiger partial charge in [0.15, 0.2) is 0 Å². The van der Waals surface area contributed by atoms with Crippen LogP contribution in [0.5, 0.6) is 0 Å². The Morgan fingerprint density at radius 2 is 1.14 bits per heavy atom. The number of carbonyl (C=O) groups excluding carboxylic acids is 1. The summed E-state index contributed by atoms with van der Waals surface area (Å²) in [5.74, 6) is 0.212. The Kier molecular flexibility index (Phi) is 14.7. The lowest BCUT2D eigenvalue weighted by atomic mass is 9.98. The summed E-state index contributed by atoms with van der Waals surface area (Å²) in [5.41, 5.74) is 2.56. The molecular weight excluding hydrogens is 442 g/mol. The number of hydrogen-bond donors (Lipinski definition) is 1. The van der Waals surface area contributed by atoms with Gasteiger partial charge in [0, 0.05) is 20.5 Å². The molecule has 2 aromatic rings. The van der Waals surface area contributed by atoms with Crippen molar-refractivity contribution < 1.29 is 4.79 Å². The molecule has 0 heterocycles. The highest BCUT2D eigenvalue weighted by Crippen LogP contribution is 2.23. The molecular formula is C32H51NOSi. The fraction of sp³-hybridized carbons (Fsp3) is 0.594. The molecule has 1 amide bonds. The number of unbranched alkanes of at least 4 members (excludes halogenated alkanes) is 8. The molecule has 0 aromatic heterocycles. The fourth-order valence-electron chi connectivity index (χ4n) is 5.02. The van der Waals surface area contributed by atoms with Crippen LogP contribution in [-0.2, 0) is 17.6 Å².